The molecule has 0 spiro atoms. The third-order valence-electron chi connectivity index (χ3n) is 3.19. The Balaban J connectivity index is 2.44. The van der Waals surface area contributed by atoms with Crippen molar-refractivity contribution in [3.63, 3.8) is 0 Å². The van der Waals surface area contributed by atoms with Gasteiger partial charge in [0, 0.05) is 26.2 Å². The van der Waals surface area contributed by atoms with E-state index in [9.17, 15) is 0 Å². The summed E-state index contributed by atoms with van der Waals surface area (Å²) in [6.45, 7) is 5.85. The van der Waals surface area contributed by atoms with Crippen LogP contribution in [-0.4, -0.2) is 51.9 Å². The highest BCUT2D eigenvalue weighted by atomic mass is 16.5. The summed E-state index contributed by atoms with van der Waals surface area (Å²) in [5.74, 6) is 0.901. The second kappa shape index (κ2) is 9.75. The van der Waals surface area contributed by atoms with Crippen molar-refractivity contribution in [1.82, 2.24) is 10.2 Å². The summed E-state index contributed by atoms with van der Waals surface area (Å²) in [4.78, 5) is 2.31. The summed E-state index contributed by atoms with van der Waals surface area (Å²) in [6, 6.07) is 8.61. The zero-order chi connectivity index (χ0) is 14.8. The maximum absolute atomic E-state index is 5.28. The van der Waals surface area contributed by atoms with E-state index >= 15 is 0 Å². The molecule has 0 aliphatic carbocycles. The molecule has 20 heavy (non-hydrogen) atoms. The maximum atomic E-state index is 5.28. The number of likely N-dealkylation sites (N-methyl/N-ethyl adjacent to an activating group) is 1. The second-order valence-corrected chi connectivity index (χ2v) is 5.15. The Morgan fingerprint density at radius 2 is 1.90 bits per heavy atom. The third kappa shape index (κ3) is 6.37. The molecule has 0 saturated carbocycles. The van der Waals surface area contributed by atoms with Crippen LogP contribution in [0.5, 0.6) is 5.75 Å². The van der Waals surface area contributed by atoms with E-state index < -0.39 is 0 Å². The maximum Gasteiger partial charge on any atom is 0.118 e. The molecule has 0 aromatic heterocycles. The van der Waals surface area contributed by atoms with Gasteiger partial charge in [-0.05, 0) is 37.7 Å². The van der Waals surface area contributed by atoms with Crippen molar-refractivity contribution in [2.24, 2.45) is 0 Å². The zero-order valence-electron chi connectivity index (χ0n) is 13.2. The largest absolute Gasteiger partial charge is 0.497 e. The van der Waals surface area contributed by atoms with Crippen LogP contribution in [-0.2, 0) is 11.3 Å². The Morgan fingerprint density at radius 3 is 2.45 bits per heavy atom. The van der Waals surface area contributed by atoms with Crippen molar-refractivity contribution in [3.05, 3.63) is 29.8 Å². The first kappa shape index (κ1) is 17.0. The van der Waals surface area contributed by atoms with Crippen LogP contribution in [0.3, 0.4) is 0 Å². The topological polar surface area (TPSA) is 33.7 Å². The van der Waals surface area contributed by atoms with Crippen LogP contribution in [0.1, 0.15) is 18.9 Å². The van der Waals surface area contributed by atoms with Crippen molar-refractivity contribution in [2.75, 3.05) is 41.0 Å². The van der Waals surface area contributed by atoms with Crippen LogP contribution in [0.15, 0.2) is 24.3 Å². The molecule has 0 saturated heterocycles. The van der Waals surface area contributed by atoms with Gasteiger partial charge in [0.25, 0.3) is 0 Å². The normalized spacial score (nSPS) is 12.7. The van der Waals surface area contributed by atoms with Gasteiger partial charge in [-0.15, -0.1) is 0 Å². The minimum atomic E-state index is 0.378. The molecule has 0 aliphatic heterocycles. The van der Waals surface area contributed by atoms with Crippen molar-refractivity contribution in [2.45, 2.75) is 25.9 Å². The standard InChI is InChI=1S/C16H28N2O2/c1-5-10-17-15(13-19-3)12-18(2)11-14-6-8-16(20-4)9-7-14/h6-9,15,17H,5,10-13H2,1-4H3. The quantitative estimate of drug-likeness (QED) is 0.712. The molecule has 0 aliphatic rings. The molecular formula is C16H28N2O2. The number of benzene rings is 1. The molecule has 0 fully saturated rings. The Kier molecular flexibility index (Phi) is 8.26. The van der Waals surface area contributed by atoms with E-state index in [1.807, 2.05) is 12.1 Å². The molecule has 0 radical (unpaired) electrons. The van der Waals surface area contributed by atoms with E-state index in [0.717, 1.165) is 38.4 Å². The number of rotatable bonds is 10. The average molecular weight is 280 g/mol. The van der Waals surface area contributed by atoms with Gasteiger partial charge in [0.2, 0.25) is 0 Å². The van der Waals surface area contributed by atoms with Crippen molar-refractivity contribution < 1.29 is 9.47 Å². The van der Waals surface area contributed by atoms with Gasteiger partial charge >= 0.3 is 0 Å². The van der Waals surface area contributed by atoms with Gasteiger partial charge in [-0.3, -0.25) is 0 Å². The average Bonchev–Trinajstić information content (AvgIpc) is 2.45. The first-order chi connectivity index (χ1) is 9.69. The van der Waals surface area contributed by atoms with E-state index in [4.69, 9.17) is 9.47 Å². The van der Waals surface area contributed by atoms with Crippen LogP contribution in [0.2, 0.25) is 0 Å². The fraction of sp³-hybridized carbons (Fsp3) is 0.625. The molecule has 4 heteroatoms. The van der Waals surface area contributed by atoms with Gasteiger partial charge in [-0.25, -0.2) is 0 Å². The van der Waals surface area contributed by atoms with Gasteiger partial charge in [-0.2, -0.15) is 0 Å². The van der Waals surface area contributed by atoms with Crippen molar-refractivity contribution in [3.8, 4) is 5.75 Å². The molecule has 0 bridgehead atoms. The second-order valence-electron chi connectivity index (χ2n) is 5.15. The Hall–Kier alpha value is -1.10. The molecular weight excluding hydrogens is 252 g/mol. The lowest BCUT2D eigenvalue weighted by Crippen LogP contribution is -2.42. The first-order valence-corrected chi connectivity index (χ1v) is 7.23. The number of nitrogens with zero attached hydrogens (tertiary/aromatic N) is 1. The molecule has 114 valence electrons. The highest BCUT2D eigenvalue weighted by molar-refractivity contribution is 5.27. The fourth-order valence-electron chi connectivity index (χ4n) is 2.21. The van der Waals surface area contributed by atoms with Gasteiger partial charge in [0.1, 0.15) is 5.75 Å². The number of ether oxygens (including phenoxy) is 2. The van der Waals surface area contributed by atoms with Crippen LogP contribution in [0.4, 0.5) is 0 Å². The predicted octanol–water partition coefficient (Wildman–Crippen LogP) is 2.14. The van der Waals surface area contributed by atoms with Gasteiger partial charge in [0.15, 0.2) is 0 Å². The fourth-order valence-corrected chi connectivity index (χ4v) is 2.21. The predicted molar refractivity (Wildman–Crippen MR) is 83.3 cm³/mol. The van der Waals surface area contributed by atoms with Crippen LogP contribution in [0.25, 0.3) is 0 Å². The minimum Gasteiger partial charge on any atom is -0.497 e. The molecule has 1 atom stereocenters. The molecule has 1 rings (SSSR count). The van der Waals surface area contributed by atoms with Gasteiger partial charge in [0.05, 0.1) is 13.7 Å². The molecule has 0 heterocycles. The minimum absolute atomic E-state index is 0.378. The SMILES string of the molecule is CCCNC(COC)CN(C)Cc1ccc(OC)cc1. The lowest BCUT2D eigenvalue weighted by atomic mass is 10.2. The monoisotopic (exact) mass is 280 g/mol. The summed E-state index contributed by atoms with van der Waals surface area (Å²) >= 11 is 0. The van der Waals surface area contributed by atoms with Crippen molar-refractivity contribution in [1.29, 1.82) is 0 Å². The lowest BCUT2D eigenvalue weighted by molar-refractivity contribution is 0.144. The Morgan fingerprint density at radius 1 is 1.20 bits per heavy atom. The van der Waals surface area contributed by atoms with E-state index in [2.05, 4.69) is 36.3 Å². The summed E-state index contributed by atoms with van der Waals surface area (Å²) in [5, 5.41) is 3.52. The van der Waals surface area contributed by atoms with Gasteiger partial charge < -0.3 is 19.7 Å². The number of hydrogen-bond acceptors (Lipinski definition) is 4. The smallest absolute Gasteiger partial charge is 0.118 e. The Labute approximate surface area is 123 Å². The molecule has 4 nitrogen and oxygen atoms in total. The molecule has 1 aromatic carbocycles. The van der Waals surface area contributed by atoms with Crippen molar-refractivity contribution >= 4 is 0 Å². The highest BCUT2D eigenvalue weighted by Crippen LogP contribution is 2.12. The van der Waals surface area contributed by atoms with Gasteiger partial charge in [-0.1, -0.05) is 19.1 Å². The summed E-state index contributed by atoms with van der Waals surface area (Å²) < 4.78 is 10.5. The highest BCUT2D eigenvalue weighted by Gasteiger charge is 2.11. The summed E-state index contributed by atoms with van der Waals surface area (Å²) in [7, 11) is 5.58. The van der Waals surface area contributed by atoms with Crippen LogP contribution >= 0.6 is 0 Å². The Bertz CT molecular complexity index is 354. The van der Waals surface area contributed by atoms with E-state index in [-0.39, 0.29) is 0 Å². The number of nitrogens with one attached hydrogen (secondary N) is 1. The van der Waals surface area contributed by atoms with Crippen LogP contribution in [0, 0.1) is 0 Å². The number of methoxy groups -OCH3 is 2. The van der Waals surface area contributed by atoms with E-state index in [0.29, 0.717) is 6.04 Å². The first-order valence-electron chi connectivity index (χ1n) is 7.23. The van der Waals surface area contributed by atoms with Crippen LogP contribution < -0.4 is 10.1 Å². The molecule has 1 N–H and O–H groups in total. The zero-order valence-corrected chi connectivity index (χ0v) is 13.2. The number of hydrogen-bond donors (Lipinski definition) is 1. The molecule has 1 aromatic rings. The lowest BCUT2D eigenvalue weighted by Gasteiger charge is -2.24. The van der Waals surface area contributed by atoms with E-state index in [1.54, 1.807) is 14.2 Å². The summed E-state index contributed by atoms with van der Waals surface area (Å²) in [5.41, 5.74) is 1.29. The third-order valence-corrected chi connectivity index (χ3v) is 3.19. The summed E-state index contributed by atoms with van der Waals surface area (Å²) in [6.07, 6.45) is 1.14. The van der Waals surface area contributed by atoms with E-state index in [1.165, 1.54) is 5.56 Å². The molecule has 0 amide bonds. The molecule has 1 unspecified atom stereocenters.